The number of nitrogens with zero attached hydrogens (tertiary/aromatic N) is 1. The second kappa shape index (κ2) is 8.66. The third kappa shape index (κ3) is 5.73. The predicted molar refractivity (Wildman–Crippen MR) is 90.2 cm³/mol. The van der Waals surface area contributed by atoms with Gasteiger partial charge in [0.15, 0.2) is 6.61 Å². The minimum Gasteiger partial charge on any atom is -0.468 e. The smallest absolute Gasteiger partial charge is 0.422 e. The Morgan fingerprint density at radius 1 is 1.23 bits per heavy atom. The van der Waals surface area contributed by atoms with Gasteiger partial charge in [0.25, 0.3) is 0 Å². The van der Waals surface area contributed by atoms with Gasteiger partial charge in [-0.15, -0.1) is 0 Å². The van der Waals surface area contributed by atoms with Gasteiger partial charge in [0.05, 0.1) is 5.92 Å². The van der Waals surface area contributed by atoms with E-state index in [9.17, 15) is 18.0 Å². The Morgan fingerprint density at radius 2 is 1.92 bits per heavy atom. The molecule has 5 nitrogen and oxygen atoms in total. The molecule has 2 atom stereocenters. The van der Waals surface area contributed by atoms with Crippen molar-refractivity contribution in [2.24, 2.45) is 11.7 Å². The predicted octanol–water partition coefficient (Wildman–Crippen LogP) is 2.98. The second-order valence-corrected chi connectivity index (χ2v) is 5.81. The first-order valence-electron chi connectivity index (χ1n) is 7.99. The number of carbonyl (C=O) groups is 1. The third-order valence-corrected chi connectivity index (χ3v) is 3.81. The zero-order chi connectivity index (χ0) is 19.2. The van der Waals surface area contributed by atoms with Crippen molar-refractivity contribution in [1.82, 2.24) is 10.3 Å². The monoisotopic (exact) mass is 367 g/mol. The van der Waals surface area contributed by atoms with Crippen molar-refractivity contribution in [2.75, 3.05) is 6.61 Å². The van der Waals surface area contributed by atoms with E-state index in [1.165, 1.54) is 6.20 Å². The lowest BCUT2D eigenvalue weighted by atomic mass is 9.94. The van der Waals surface area contributed by atoms with Gasteiger partial charge in [0.1, 0.15) is 0 Å². The van der Waals surface area contributed by atoms with Crippen LogP contribution in [0.3, 0.4) is 0 Å². The average Bonchev–Trinajstić information content (AvgIpc) is 2.64. The highest BCUT2D eigenvalue weighted by molar-refractivity contribution is 5.79. The molecule has 1 aromatic carbocycles. The first kappa shape index (κ1) is 19.7. The number of carbonyl (C=O) groups excluding carboxylic acids is 1. The minimum atomic E-state index is -4.46. The van der Waals surface area contributed by atoms with Gasteiger partial charge < -0.3 is 15.8 Å². The van der Waals surface area contributed by atoms with E-state index in [4.69, 9.17) is 10.5 Å². The van der Waals surface area contributed by atoms with Gasteiger partial charge in [-0.3, -0.25) is 4.79 Å². The van der Waals surface area contributed by atoms with Gasteiger partial charge in [-0.1, -0.05) is 43.3 Å². The van der Waals surface area contributed by atoms with E-state index in [2.05, 4.69) is 10.3 Å². The molecular weight excluding hydrogens is 347 g/mol. The molecule has 0 saturated carbocycles. The first-order chi connectivity index (χ1) is 12.3. The molecule has 2 aromatic rings. The number of nitrogens with one attached hydrogen (secondary N) is 1. The summed E-state index contributed by atoms with van der Waals surface area (Å²) in [6.07, 6.45) is -3.14. The topological polar surface area (TPSA) is 77.2 Å². The number of alkyl halides is 3. The van der Waals surface area contributed by atoms with Gasteiger partial charge in [0.2, 0.25) is 11.8 Å². The van der Waals surface area contributed by atoms with Crippen LogP contribution in [0.2, 0.25) is 0 Å². The molecule has 8 heteroatoms. The lowest BCUT2D eigenvalue weighted by Crippen LogP contribution is -2.35. The molecule has 0 aliphatic heterocycles. The molecule has 0 bridgehead atoms. The zero-order valence-electron chi connectivity index (χ0n) is 14.2. The van der Waals surface area contributed by atoms with E-state index in [1.54, 1.807) is 19.1 Å². The van der Waals surface area contributed by atoms with Crippen LogP contribution in [0.5, 0.6) is 5.88 Å². The highest BCUT2D eigenvalue weighted by Gasteiger charge is 2.29. The number of benzene rings is 1. The summed E-state index contributed by atoms with van der Waals surface area (Å²) in [7, 11) is 0. The van der Waals surface area contributed by atoms with E-state index in [0.717, 1.165) is 5.56 Å². The standard InChI is InChI=1S/C18H20F3N3O2/c1-12(15(22)13-6-3-2-4-7-13)16(25)24-10-14-8-5-9-23-17(14)26-11-18(19,20)21/h2-9,12,15H,10-11,22H2,1H3,(H,24,25). The van der Waals surface area contributed by atoms with Crippen LogP contribution in [-0.2, 0) is 11.3 Å². The van der Waals surface area contributed by atoms with Crippen LogP contribution in [0, 0.1) is 5.92 Å². The van der Waals surface area contributed by atoms with Crippen LogP contribution in [0.1, 0.15) is 24.1 Å². The number of aromatic nitrogens is 1. The summed E-state index contributed by atoms with van der Waals surface area (Å²) in [5, 5.41) is 2.67. The number of rotatable bonds is 7. The number of nitrogens with two attached hydrogens (primary N) is 1. The number of amides is 1. The maximum atomic E-state index is 12.3. The number of ether oxygens (including phenoxy) is 1. The zero-order valence-corrected chi connectivity index (χ0v) is 14.2. The first-order valence-corrected chi connectivity index (χ1v) is 7.99. The van der Waals surface area contributed by atoms with Crippen LogP contribution in [0.4, 0.5) is 13.2 Å². The quantitative estimate of drug-likeness (QED) is 0.789. The highest BCUT2D eigenvalue weighted by Crippen LogP contribution is 2.21. The molecule has 0 radical (unpaired) electrons. The molecule has 26 heavy (non-hydrogen) atoms. The van der Waals surface area contributed by atoms with Crippen LogP contribution in [0.25, 0.3) is 0 Å². The van der Waals surface area contributed by atoms with Crippen molar-refractivity contribution in [3.8, 4) is 5.88 Å². The van der Waals surface area contributed by atoms with Crippen molar-refractivity contribution in [3.63, 3.8) is 0 Å². The summed E-state index contributed by atoms with van der Waals surface area (Å²) in [5.41, 5.74) is 7.29. The van der Waals surface area contributed by atoms with Gasteiger partial charge in [-0.2, -0.15) is 13.2 Å². The Balaban J connectivity index is 1.96. The molecule has 1 heterocycles. The maximum Gasteiger partial charge on any atom is 0.422 e. The average molecular weight is 367 g/mol. The molecule has 2 unspecified atom stereocenters. The Labute approximate surface area is 149 Å². The largest absolute Gasteiger partial charge is 0.468 e. The van der Waals surface area contributed by atoms with E-state index in [0.29, 0.717) is 5.56 Å². The molecule has 0 fully saturated rings. The number of halogens is 3. The normalized spacial score (nSPS) is 13.7. The van der Waals surface area contributed by atoms with Crippen molar-refractivity contribution in [1.29, 1.82) is 0 Å². The molecule has 0 spiro atoms. The Morgan fingerprint density at radius 3 is 2.58 bits per heavy atom. The summed E-state index contributed by atoms with van der Waals surface area (Å²) < 4.78 is 41.6. The Bertz CT molecular complexity index is 723. The fourth-order valence-corrected chi connectivity index (χ4v) is 2.31. The van der Waals surface area contributed by atoms with Gasteiger partial charge in [0, 0.05) is 24.3 Å². The molecule has 140 valence electrons. The van der Waals surface area contributed by atoms with E-state index in [-0.39, 0.29) is 18.3 Å². The van der Waals surface area contributed by atoms with Crippen molar-refractivity contribution < 1.29 is 22.7 Å². The van der Waals surface area contributed by atoms with Crippen LogP contribution >= 0.6 is 0 Å². The van der Waals surface area contributed by atoms with Crippen molar-refractivity contribution in [2.45, 2.75) is 25.7 Å². The van der Waals surface area contributed by atoms with Crippen LogP contribution in [0.15, 0.2) is 48.7 Å². The minimum absolute atomic E-state index is 0.00822. The van der Waals surface area contributed by atoms with Crippen LogP contribution in [-0.4, -0.2) is 23.7 Å². The lowest BCUT2D eigenvalue weighted by molar-refractivity contribution is -0.154. The summed E-state index contributed by atoms with van der Waals surface area (Å²) in [6, 6.07) is 11.8. The SMILES string of the molecule is CC(C(=O)NCc1cccnc1OCC(F)(F)F)C(N)c1ccccc1. The van der Waals surface area contributed by atoms with Gasteiger partial charge in [-0.05, 0) is 11.6 Å². The van der Waals surface area contributed by atoms with Crippen molar-refractivity contribution >= 4 is 5.91 Å². The molecule has 0 aliphatic carbocycles. The fourth-order valence-electron chi connectivity index (χ4n) is 2.31. The summed E-state index contributed by atoms with van der Waals surface area (Å²) >= 11 is 0. The highest BCUT2D eigenvalue weighted by atomic mass is 19.4. The maximum absolute atomic E-state index is 12.3. The Hall–Kier alpha value is -2.61. The number of hydrogen-bond donors (Lipinski definition) is 2. The number of pyridine rings is 1. The lowest BCUT2D eigenvalue weighted by Gasteiger charge is -2.20. The van der Waals surface area contributed by atoms with Crippen LogP contribution < -0.4 is 15.8 Å². The van der Waals surface area contributed by atoms with E-state index in [1.807, 2.05) is 30.3 Å². The summed E-state index contributed by atoms with van der Waals surface area (Å²) in [4.78, 5) is 16.1. The molecule has 0 aliphatic rings. The van der Waals surface area contributed by atoms with Crippen molar-refractivity contribution in [3.05, 3.63) is 59.8 Å². The molecule has 1 amide bonds. The molecule has 3 N–H and O–H groups in total. The molecule has 0 saturated heterocycles. The van der Waals surface area contributed by atoms with Gasteiger partial charge >= 0.3 is 6.18 Å². The summed E-state index contributed by atoms with van der Waals surface area (Å²) in [6.45, 7) is 0.239. The van der Waals surface area contributed by atoms with Gasteiger partial charge in [-0.25, -0.2) is 4.98 Å². The number of hydrogen-bond acceptors (Lipinski definition) is 4. The summed E-state index contributed by atoms with van der Waals surface area (Å²) in [5.74, 6) is -0.995. The molecule has 1 aromatic heterocycles. The fraction of sp³-hybridized carbons (Fsp3) is 0.333. The molecular formula is C18H20F3N3O2. The third-order valence-electron chi connectivity index (χ3n) is 3.81. The second-order valence-electron chi connectivity index (χ2n) is 5.81. The molecule has 2 rings (SSSR count). The van der Waals surface area contributed by atoms with E-state index < -0.39 is 24.7 Å². The Kier molecular flexibility index (Phi) is 6.57. The van der Waals surface area contributed by atoms with E-state index >= 15 is 0 Å².